The van der Waals surface area contributed by atoms with E-state index in [1.54, 1.807) is 13.2 Å². The van der Waals surface area contributed by atoms with Crippen LogP contribution in [0.5, 0.6) is 5.75 Å². The lowest BCUT2D eigenvalue weighted by atomic mass is 10.2. The molecule has 1 aromatic carbocycles. The van der Waals surface area contributed by atoms with Crippen molar-refractivity contribution in [1.82, 2.24) is 9.97 Å². The third-order valence-corrected chi connectivity index (χ3v) is 3.80. The molecule has 1 aromatic heterocycles. The van der Waals surface area contributed by atoms with Gasteiger partial charge in [0, 0.05) is 17.5 Å². The second-order valence-electron chi connectivity index (χ2n) is 4.64. The van der Waals surface area contributed by atoms with Crippen LogP contribution >= 0.6 is 15.9 Å². The molecule has 98 valence electrons. The Hall–Kier alpha value is -1.62. The van der Waals surface area contributed by atoms with Gasteiger partial charge in [0.05, 0.1) is 17.3 Å². The maximum Gasteiger partial charge on any atom is 0.251 e. The number of benzene rings is 1. The highest BCUT2D eigenvalue weighted by Crippen LogP contribution is 2.39. The van der Waals surface area contributed by atoms with Crippen LogP contribution in [0.15, 0.2) is 33.5 Å². The quantitative estimate of drug-likeness (QED) is 0.945. The van der Waals surface area contributed by atoms with E-state index in [0.717, 1.165) is 34.3 Å². The second-order valence-corrected chi connectivity index (χ2v) is 5.50. The van der Waals surface area contributed by atoms with Gasteiger partial charge in [0.2, 0.25) is 0 Å². The van der Waals surface area contributed by atoms with Gasteiger partial charge in [-0.05, 0) is 47.0 Å². The molecule has 0 radical (unpaired) electrons. The number of H-pyrrole nitrogens is 1. The van der Waals surface area contributed by atoms with Gasteiger partial charge in [-0.1, -0.05) is 0 Å². The molecule has 0 saturated heterocycles. The van der Waals surface area contributed by atoms with Crippen molar-refractivity contribution >= 4 is 15.9 Å². The predicted octanol–water partition coefficient (Wildman–Crippen LogP) is 3.09. The van der Waals surface area contributed by atoms with Gasteiger partial charge in [0.25, 0.3) is 5.56 Å². The fourth-order valence-electron chi connectivity index (χ4n) is 2.02. The first-order valence-corrected chi connectivity index (χ1v) is 6.92. The summed E-state index contributed by atoms with van der Waals surface area (Å²) in [4.78, 5) is 19.0. The van der Waals surface area contributed by atoms with Crippen LogP contribution in [0, 0.1) is 0 Å². The SMILES string of the molecule is COc1ccc(-c2nc(C3CC3)cc(=O)[nH]2)cc1Br. The fraction of sp³-hybridized carbons (Fsp3) is 0.286. The summed E-state index contributed by atoms with van der Waals surface area (Å²) in [6, 6.07) is 7.23. The van der Waals surface area contributed by atoms with E-state index >= 15 is 0 Å². The third-order valence-electron chi connectivity index (χ3n) is 3.18. The van der Waals surface area contributed by atoms with E-state index in [2.05, 4.69) is 25.9 Å². The smallest absolute Gasteiger partial charge is 0.251 e. The maximum absolute atomic E-state index is 11.7. The summed E-state index contributed by atoms with van der Waals surface area (Å²) in [6.07, 6.45) is 2.25. The molecule has 1 heterocycles. The Balaban J connectivity index is 2.06. The number of nitrogens with one attached hydrogen (secondary N) is 1. The van der Waals surface area contributed by atoms with E-state index in [1.165, 1.54) is 0 Å². The first-order chi connectivity index (χ1) is 9.17. The van der Waals surface area contributed by atoms with E-state index in [4.69, 9.17) is 4.74 Å². The Morgan fingerprint density at radius 2 is 2.16 bits per heavy atom. The molecule has 3 rings (SSSR count). The summed E-state index contributed by atoms with van der Waals surface area (Å²) in [5, 5.41) is 0. The topological polar surface area (TPSA) is 55.0 Å². The van der Waals surface area contributed by atoms with Crippen LogP contribution in [-0.4, -0.2) is 17.1 Å². The van der Waals surface area contributed by atoms with Crippen molar-refractivity contribution in [3.63, 3.8) is 0 Å². The van der Waals surface area contributed by atoms with Crippen molar-refractivity contribution in [2.24, 2.45) is 0 Å². The van der Waals surface area contributed by atoms with E-state index in [1.807, 2.05) is 18.2 Å². The van der Waals surface area contributed by atoms with Crippen molar-refractivity contribution in [2.75, 3.05) is 7.11 Å². The van der Waals surface area contributed by atoms with E-state index in [-0.39, 0.29) is 5.56 Å². The van der Waals surface area contributed by atoms with Gasteiger partial charge in [-0.25, -0.2) is 4.98 Å². The summed E-state index contributed by atoms with van der Waals surface area (Å²) in [5.41, 5.74) is 1.66. The minimum Gasteiger partial charge on any atom is -0.496 e. The second kappa shape index (κ2) is 4.81. The van der Waals surface area contributed by atoms with Crippen LogP contribution < -0.4 is 10.3 Å². The first kappa shape index (κ1) is 12.4. The number of halogens is 1. The molecule has 1 saturated carbocycles. The van der Waals surface area contributed by atoms with Crippen molar-refractivity contribution in [3.8, 4) is 17.1 Å². The molecule has 1 aliphatic carbocycles. The number of rotatable bonds is 3. The molecule has 0 unspecified atom stereocenters. The lowest BCUT2D eigenvalue weighted by Crippen LogP contribution is -2.09. The molecule has 5 heteroatoms. The van der Waals surface area contributed by atoms with Gasteiger partial charge in [-0.15, -0.1) is 0 Å². The van der Waals surface area contributed by atoms with Crippen LogP contribution in [-0.2, 0) is 0 Å². The van der Waals surface area contributed by atoms with Crippen molar-refractivity contribution < 1.29 is 4.74 Å². The molecule has 0 aliphatic heterocycles. The molecule has 1 N–H and O–H groups in total. The summed E-state index contributed by atoms with van der Waals surface area (Å²) >= 11 is 3.44. The van der Waals surface area contributed by atoms with Crippen LogP contribution in [0.1, 0.15) is 24.5 Å². The Labute approximate surface area is 119 Å². The van der Waals surface area contributed by atoms with E-state index < -0.39 is 0 Å². The van der Waals surface area contributed by atoms with Crippen molar-refractivity contribution in [2.45, 2.75) is 18.8 Å². The molecule has 1 aliphatic rings. The van der Waals surface area contributed by atoms with Crippen molar-refractivity contribution in [3.05, 3.63) is 44.8 Å². The number of hydrogen-bond donors (Lipinski definition) is 1. The minimum absolute atomic E-state index is 0.0983. The Morgan fingerprint density at radius 3 is 2.79 bits per heavy atom. The Morgan fingerprint density at radius 1 is 1.37 bits per heavy atom. The van der Waals surface area contributed by atoms with Gasteiger partial charge in [-0.3, -0.25) is 4.79 Å². The van der Waals surface area contributed by atoms with Crippen LogP contribution in [0.3, 0.4) is 0 Å². The number of nitrogens with zero attached hydrogens (tertiary/aromatic N) is 1. The summed E-state index contributed by atoms with van der Waals surface area (Å²) in [5.74, 6) is 1.82. The number of aromatic nitrogens is 2. The summed E-state index contributed by atoms with van der Waals surface area (Å²) < 4.78 is 6.03. The largest absolute Gasteiger partial charge is 0.496 e. The van der Waals surface area contributed by atoms with Gasteiger partial charge < -0.3 is 9.72 Å². The average molecular weight is 321 g/mol. The zero-order valence-electron chi connectivity index (χ0n) is 10.4. The number of hydrogen-bond acceptors (Lipinski definition) is 3. The molecule has 0 amide bonds. The van der Waals surface area contributed by atoms with Gasteiger partial charge in [0.15, 0.2) is 0 Å². The molecule has 2 aromatic rings. The van der Waals surface area contributed by atoms with Gasteiger partial charge >= 0.3 is 0 Å². The van der Waals surface area contributed by atoms with Crippen LogP contribution in [0.4, 0.5) is 0 Å². The highest BCUT2D eigenvalue weighted by Gasteiger charge is 2.25. The lowest BCUT2D eigenvalue weighted by Gasteiger charge is -2.07. The number of methoxy groups -OCH3 is 1. The van der Waals surface area contributed by atoms with E-state index in [9.17, 15) is 4.79 Å². The molecular formula is C14H13BrN2O2. The Bertz CT molecular complexity index is 677. The molecule has 0 atom stereocenters. The molecular weight excluding hydrogens is 308 g/mol. The van der Waals surface area contributed by atoms with Crippen molar-refractivity contribution in [1.29, 1.82) is 0 Å². The standard InChI is InChI=1S/C14H13BrN2O2/c1-19-12-5-4-9(6-10(12)15)14-16-11(8-2-3-8)7-13(18)17-14/h4-8H,2-3H2,1H3,(H,16,17,18). The zero-order chi connectivity index (χ0) is 13.4. The maximum atomic E-state index is 11.7. The summed E-state index contributed by atoms with van der Waals surface area (Å²) in [7, 11) is 1.62. The van der Waals surface area contributed by atoms with Crippen LogP contribution in [0.2, 0.25) is 0 Å². The summed E-state index contributed by atoms with van der Waals surface area (Å²) in [6.45, 7) is 0. The molecule has 1 fully saturated rings. The molecule has 4 nitrogen and oxygen atoms in total. The highest BCUT2D eigenvalue weighted by molar-refractivity contribution is 9.10. The zero-order valence-corrected chi connectivity index (χ0v) is 12.0. The van der Waals surface area contributed by atoms with E-state index in [0.29, 0.717) is 11.7 Å². The molecule has 0 bridgehead atoms. The molecule has 0 spiro atoms. The Kier molecular flexibility index (Phi) is 3.14. The van der Waals surface area contributed by atoms with Gasteiger partial charge in [0.1, 0.15) is 11.6 Å². The first-order valence-electron chi connectivity index (χ1n) is 6.12. The minimum atomic E-state index is -0.0983. The van der Waals surface area contributed by atoms with Crippen LogP contribution in [0.25, 0.3) is 11.4 Å². The molecule has 19 heavy (non-hydrogen) atoms. The monoisotopic (exact) mass is 320 g/mol. The predicted molar refractivity (Wildman–Crippen MR) is 76.5 cm³/mol. The van der Waals surface area contributed by atoms with Gasteiger partial charge in [-0.2, -0.15) is 0 Å². The normalized spacial score (nSPS) is 14.4. The highest BCUT2D eigenvalue weighted by atomic mass is 79.9. The number of ether oxygens (including phenoxy) is 1. The number of aromatic amines is 1. The fourth-order valence-corrected chi connectivity index (χ4v) is 2.56. The lowest BCUT2D eigenvalue weighted by molar-refractivity contribution is 0.412. The third kappa shape index (κ3) is 2.56. The average Bonchev–Trinajstić information content (AvgIpc) is 3.22.